The minimum absolute atomic E-state index is 0.0274. The van der Waals surface area contributed by atoms with Crippen LogP contribution in [-0.4, -0.2) is 18.9 Å². The number of ether oxygens (including phenoxy) is 3. The number of fused-ring (bicyclic) bond motifs is 1. The Hall–Kier alpha value is -1.75. The van der Waals surface area contributed by atoms with Gasteiger partial charge in [0.05, 0.1) is 12.6 Å². The maximum absolute atomic E-state index is 11.1. The zero-order valence-corrected chi connectivity index (χ0v) is 9.43. The minimum atomic E-state index is -0.371. The molecule has 3 rings (SSSR count). The monoisotopic (exact) mass is 235 g/mol. The Labute approximate surface area is 98.7 Å². The quantitative estimate of drug-likeness (QED) is 0.805. The number of benzene rings is 1. The van der Waals surface area contributed by atoms with Gasteiger partial charge in [-0.2, -0.15) is 0 Å². The number of cyclic esters (lactones) is 1. The molecule has 5 heteroatoms. The highest BCUT2D eigenvalue weighted by Crippen LogP contribution is 2.32. The third kappa shape index (κ3) is 1.82. The highest BCUT2D eigenvalue weighted by molar-refractivity contribution is 5.70. The van der Waals surface area contributed by atoms with E-state index in [1.165, 1.54) is 0 Å². The molecule has 2 aliphatic heterocycles. The molecule has 0 radical (unpaired) electrons. The van der Waals surface area contributed by atoms with Crippen molar-refractivity contribution in [3.8, 4) is 5.75 Å². The summed E-state index contributed by atoms with van der Waals surface area (Å²) in [5.74, 6) is 0.809. The van der Waals surface area contributed by atoms with Crippen LogP contribution in [0.3, 0.4) is 0 Å². The Kier molecular flexibility index (Phi) is 2.40. The predicted molar refractivity (Wildman–Crippen MR) is 58.5 cm³/mol. The van der Waals surface area contributed by atoms with Gasteiger partial charge in [0.15, 0.2) is 6.79 Å². The second-order valence-corrected chi connectivity index (χ2v) is 4.24. The summed E-state index contributed by atoms with van der Waals surface area (Å²) in [6.45, 7) is 2.75. The molecule has 1 aromatic rings. The van der Waals surface area contributed by atoms with Crippen molar-refractivity contribution in [1.29, 1.82) is 0 Å². The average Bonchev–Trinajstić information content (AvgIpc) is 2.68. The molecule has 2 atom stereocenters. The smallest absolute Gasteiger partial charge is 0.408 e. The Morgan fingerprint density at radius 2 is 2.29 bits per heavy atom. The van der Waals surface area contributed by atoms with Gasteiger partial charge in [-0.05, 0) is 18.6 Å². The number of hydrogen-bond donors (Lipinski definition) is 1. The van der Waals surface area contributed by atoms with Gasteiger partial charge in [-0.25, -0.2) is 4.79 Å². The van der Waals surface area contributed by atoms with E-state index in [2.05, 4.69) is 5.32 Å². The second kappa shape index (κ2) is 3.92. The lowest BCUT2D eigenvalue weighted by Crippen LogP contribution is -2.24. The zero-order chi connectivity index (χ0) is 11.8. The van der Waals surface area contributed by atoms with E-state index in [0.29, 0.717) is 6.61 Å². The second-order valence-electron chi connectivity index (χ2n) is 4.24. The van der Waals surface area contributed by atoms with Crippen LogP contribution < -0.4 is 10.1 Å². The molecule has 2 aliphatic rings. The number of hydrogen-bond acceptors (Lipinski definition) is 4. The third-order valence-electron chi connectivity index (χ3n) is 3.01. The lowest BCUT2D eigenvalue weighted by atomic mass is 10.0. The molecule has 0 aliphatic carbocycles. The fraction of sp³-hybridized carbons (Fsp3) is 0.417. The normalized spacial score (nSPS) is 26.8. The molecule has 1 aromatic carbocycles. The van der Waals surface area contributed by atoms with E-state index in [1.54, 1.807) is 0 Å². The summed E-state index contributed by atoms with van der Waals surface area (Å²) in [6, 6.07) is 5.78. The molecule has 17 heavy (non-hydrogen) atoms. The van der Waals surface area contributed by atoms with Crippen LogP contribution in [0, 0.1) is 0 Å². The molecule has 90 valence electrons. The summed E-state index contributed by atoms with van der Waals surface area (Å²) >= 11 is 0. The number of carbonyl (C=O) groups is 1. The highest BCUT2D eigenvalue weighted by atomic mass is 16.7. The van der Waals surface area contributed by atoms with Crippen molar-refractivity contribution >= 4 is 6.09 Å². The van der Waals surface area contributed by atoms with Crippen LogP contribution in [0.1, 0.15) is 24.2 Å². The van der Waals surface area contributed by atoms with E-state index >= 15 is 0 Å². The molecule has 0 saturated carbocycles. The van der Waals surface area contributed by atoms with Crippen LogP contribution >= 0.6 is 0 Å². The average molecular weight is 235 g/mol. The van der Waals surface area contributed by atoms with Crippen LogP contribution in [0.2, 0.25) is 0 Å². The number of rotatable bonds is 1. The number of nitrogens with one attached hydrogen (secondary N) is 1. The van der Waals surface area contributed by atoms with Gasteiger partial charge in [-0.15, -0.1) is 0 Å². The summed E-state index contributed by atoms with van der Waals surface area (Å²) in [5.41, 5.74) is 1.96. The molecule has 0 spiro atoms. The fourth-order valence-electron chi connectivity index (χ4n) is 2.13. The molecule has 0 unspecified atom stereocenters. The first kappa shape index (κ1) is 10.4. The van der Waals surface area contributed by atoms with Gasteiger partial charge in [0.25, 0.3) is 0 Å². The third-order valence-corrected chi connectivity index (χ3v) is 3.01. The maximum atomic E-state index is 11.1. The van der Waals surface area contributed by atoms with E-state index < -0.39 is 0 Å². The van der Waals surface area contributed by atoms with Gasteiger partial charge in [0.1, 0.15) is 11.9 Å². The molecule has 1 amide bonds. The van der Waals surface area contributed by atoms with E-state index in [0.717, 1.165) is 16.9 Å². The SMILES string of the molecule is C[C@@H]1NC(=O)O[C@@H]1c1ccc2c(c1)OCOC2. The van der Waals surface area contributed by atoms with Gasteiger partial charge >= 0.3 is 6.09 Å². The van der Waals surface area contributed by atoms with Gasteiger partial charge in [0, 0.05) is 5.56 Å². The molecular formula is C12H13NO4. The van der Waals surface area contributed by atoms with Gasteiger partial charge in [-0.1, -0.05) is 12.1 Å². The number of carbonyl (C=O) groups excluding carboxylic acids is 1. The molecule has 1 fully saturated rings. The van der Waals surface area contributed by atoms with Crippen LogP contribution in [-0.2, 0) is 16.1 Å². The Balaban J connectivity index is 1.91. The number of alkyl carbamates (subject to hydrolysis) is 1. The van der Waals surface area contributed by atoms with Crippen molar-refractivity contribution in [3.63, 3.8) is 0 Å². The highest BCUT2D eigenvalue weighted by Gasteiger charge is 2.32. The predicted octanol–water partition coefficient (Wildman–Crippen LogP) is 1.72. The topological polar surface area (TPSA) is 56.8 Å². The van der Waals surface area contributed by atoms with E-state index in [-0.39, 0.29) is 25.0 Å². The van der Waals surface area contributed by atoms with Crippen molar-refractivity contribution in [2.24, 2.45) is 0 Å². The van der Waals surface area contributed by atoms with Crippen molar-refractivity contribution in [2.45, 2.75) is 25.7 Å². The molecular weight excluding hydrogens is 222 g/mol. The summed E-state index contributed by atoms with van der Waals surface area (Å²) in [6.07, 6.45) is -0.622. The van der Waals surface area contributed by atoms with E-state index in [1.807, 2.05) is 25.1 Å². The Morgan fingerprint density at radius 1 is 1.41 bits per heavy atom. The molecule has 1 saturated heterocycles. The Morgan fingerprint density at radius 3 is 3.06 bits per heavy atom. The van der Waals surface area contributed by atoms with Crippen molar-refractivity contribution in [3.05, 3.63) is 29.3 Å². The maximum Gasteiger partial charge on any atom is 0.408 e. The van der Waals surface area contributed by atoms with Crippen LogP contribution in [0.4, 0.5) is 4.79 Å². The van der Waals surface area contributed by atoms with Gasteiger partial charge < -0.3 is 19.5 Å². The van der Waals surface area contributed by atoms with Crippen LogP contribution in [0.15, 0.2) is 18.2 Å². The molecule has 2 heterocycles. The first-order chi connectivity index (χ1) is 8.24. The summed E-state index contributed by atoms with van der Waals surface area (Å²) in [7, 11) is 0. The molecule has 0 bridgehead atoms. The largest absolute Gasteiger partial charge is 0.467 e. The van der Waals surface area contributed by atoms with Gasteiger partial charge in [0.2, 0.25) is 0 Å². The first-order valence-corrected chi connectivity index (χ1v) is 5.54. The first-order valence-electron chi connectivity index (χ1n) is 5.54. The van der Waals surface area contributed by atoms with E-state index in [4.69, 9.17) is 14.2 Å². The van der Waals surface area contributed by atoms with E-state index in [9.17, 15) is 4.79 Å². The van der Waals surface area contributed by atoms with Crippen LogP contribution in [0.25, 0.3) is 0 Å². The Bertz CT molecular complexity index is 460. The van der Waals surface area contributed by atoms with Crippen molar-refractivity contribution < 1.29 is 19.0 Å². The zero-order valence-electron chi connectivity index (χ0n) is 9.43. The van der Waals surface area contributed by atoms with Crippen molar-refractivity contribution in [2.75, 3.05) is 6.79 Å². The van der Waals surface area contributed by atoms with Crippen LogP contribution in [0.5, 0.6) is 5.75 Å². The van der Waals surface area contributed by atoms with Crippen molar-refractivity contribution in [1.82, 2.24) is 5.32 Å². The summed E-state index contributed by atoms with van der Waals surface area (Å²) in [5, 5.41) is 2.72. The lowest BCUT2D eigenvalue weighted by Gasteiger charge is -2.20. The summed E-state index contributed by atoms with van der Waals surface area (Å²) in [4.78, 5) is 11.1. The standard InChI is InChI=1S/C12H13NO4/c1-7-11(17-12(14)13-7)8-2-3-9-5-15-6-16-10(9)4-8/h2-4,7,11H,5-6H2,1H3,(H,13,14)/t7-,11-/m0/s1. The minimum Gasteiger partial charge on any atom is -0.467 e. The molecule has 5 nitrogen and oxygen atoms in total. The molecule has 1 N–H and O–H groups in total. The lowest BCUT2D eigenvalue weighted by molar-refractivity contribution is -0.0165. The number of amides is 1. The molecule has 0 aromatic heterocycles. The fourth-order valence-corrected chi connectivity index (χ4v) is 2.13. The summed E-state index contributed by atoms with van der Waals surface area (Å²) < 4.78 is 15.8. The van der Waals surface area contributed by atoms with Gasteiger partial charge in [-0.3, -0.25) is 0 Å².